The van der Waals surface area contributed by atoms with E-state index in [-0.39, 0.29) is 11.3 Å². The van der Waals surface area contributed by atoms with E-state index in [1.807, 2.05) is 24.3 Å². The molecule has 0 radical (unpaired) electrons. The van der Waals surface area contributed by atoms with Crippen LogP contribution in [0.25, 0.3) is 0 Å². The Morgan fingerprint density at radius 2 is 1.94 bits per heavy atom. The van der Waals surface area contributed by atoms with Crippen LogP contribution in [-0.2, 0) is 15.0 Å². The van der Waals surface area contributed by atoms with Crippen LogP contribution >= 0.6 is 15.9 Å². The zero-order chi connectivity index (χ0) is 11.8. The van der Waals surface area contributed by atoms with E-state index in [0.717, 1.165) is 22.9 Å². The van der Waals surface area contributed by atoms with Crippen molar-refractivity contribution in [2.24, 2.45) is 0 Å². The van der Waals surface area contributed by atoms with Crippen molar-refractivity contribution in [3.05, 3.63) is 34.3 Å². The summed E-state index contributed by atoms with van der Waals surface area (Å²) < 4.78 is 1.03. The Balaban J connectivity index is 2.26. The monoisotopic (exact) mass is 283 g/mol. The lowest BCUT2D eigenvalue weighted by molar-refractivity contribution is -0.171. The van der Waals surface area contributed by atoms with E-state index in [2.05, 4.69) is 15.9 Å². The molecule has 1 saturated carbocycles. The molecule has 0 unspecified atom stereocenters. The van der Waals surface area contributed by atoms with Crippen molar-refractivity contribution in [1.82, 2.24) is 5.06 Å². The van der Waals surface area contributed by atoms with Crippen molar-refractivity contribution in [2.45, 2.75) is 18.3 Å². The van der Waals surface area contributed by atoms with Gasteiger partial charge in [0.2, 0.25) is 0 Å². The second kappa shape index (κ2) is 4.18. The molecule has 1 aliphatic rings. The maximum absolute atomic E-state index is 12.1. The number of halogens is 1. The number of carbonyl (C=O) groups is 1. The van der Waals surface area contributed by atoms with Crippen LogP contribution in [-0.4, -0.2) is 25.1 Å². The molecule has 1 aromatic rings. The van der Waals surface area contributed by atoms with Gasteiger partial charge >= 0.3 is 0 Å². The summed E-state index contributed by atoms with van der Waals surface area (Å²) in [5, 5.41) is 1.31. The van der Waals surface area contributed by atoms with Gasteiger partial charge in [-0.15, -0.1) is 0 Å². The van der Waals surface area contributed by atoms with Gasteiger partial charge in [-0.25, -0.2) is 5.06 Å². The fourth-order valence-corrected chi connectivity index (χ4v) is 2.17. The van der Waals surface area contributed by atoms with Gasteiger partial charge in [0, 0.05) is 11.5 Å². The van der Waals surface area contributed by atoms with E-state index < -0.39 is 0 Å². The number of hydroxylamine groups is 2. The second-order valence-electron chi connectivity index (χ2n) is 4.07. The van der Waals surface area contributed by atoms with Crippen LogP contribution in [0.15, 0.2) is 28.7 Å². The Morgan fingerprint density at radius 3 is 2.38 bits per heavy atom. The van der Waals surface area contributed by atoms with Gasteiger partial charge < -0.3 is 0 Å². The molecule has 0 N–H and O–H groups in total. The van der Waals surface area contributed by atoms with Crippen molar-refractivity contribution in [1.29, 1.82) is 0 Å². The molecule has 0 atom stereocenters. The maximum atomic E-state index is 12.1. The molecule has 2 rings (SSSR count). The van der Waals surface area contributed by atoms with Gasteiger partial charge in [-0.05, 0) is 30.5 Å². The zero-order valence-electron chi connectivity index (χ0n) is 9.37. The molecule has 16 heavy (non-hydrogen) atoms. The first-order chi connectivity index (χ1) is 7.60. The second-order valence-corrected chi connectivity index (χ2v) is 4.99. The lowest BCUT2D eigenvalue weighted by Crippen LogP contribution is -2.35. The third kappa shape index (κ3) is 1.87. The van der Waals surface area contributed by atoms with Crippen molar-refractivity contribution in [3.63, 3.8) is 0 Å². The van der Waals surface area contributed by atoms with E-state index in [1.165, 1.54) is 12.2 Å². The summed E-state index contributed by atoms with van der Waals surface area (Å²) in [6.45, 7) is 0. The van der Waals surface area contributed by atoms with Crippen LogP contribution in [0.3, 0.4) is 0 Å². The Morgan fingerprint density at radius 1 is 1.38 bits per heavy atom. The fraction of sp³-hybridized carbons (Fsp3) is 0.417. The van der Waals surface area contributed by atoms with Gasteiger partial charge in [0.1, 0.15) is 0 Å². The topological polar surface area (TPSA) is 29.5 Å². The number of carbonyl (C=O) groups excluding carboxylic acids is 1. The van der Waals surface area contributed by atoms with Crippen LogP contribution in [0, 0.1) is 0 Å². The van der Waals surface area contributed by atoms with E-state index in [1.54, 1.807) is 7.05 Å². The first-order valence-electron chi connectivity index (χ1n) is 5.18. The molecule has 1 fully saturated rings. The Kier molecular flexibility index (Phi) is 3.04. The highest BCUT2D eigenvalue weighted by atomic mass is 79.9. The Bertz CT molecular complexity index is 398. The number of likely N-dealkylation sites (N-methyl/N-ethyl adjacent to an activating group) is 1. The molecular weight excluding hydrogens is 270 g/mol. The minimum Gasteiger partial charge on any atom is -0.275 e. The highest BCUT2D eigenvalue weighted by Gasteiger charge is 2.52. The summed E-state index contributed by atoms with van der Waals surface area (Å²) in [6.07, 6.45) is 1.81. The van der Waals surface area contributed by atoms with Crippen molar-refractivity contribution < 1.29 is 9.63 Å². The number of nitrogens with zero attached hydrogens (tertiary/aromatic N) is 1. The summed E-state index contributed by atoms with van der Waals surface area (Å²) in [4.78, 5) is 17.1. The summed E-state index contributed by atoms with van der Waals surface area (Å²) >= 11 is 3.39. The Hall–Kier alpha value is -0.870. The maximum Gasteiger partial charge on any atom is 0.256 e. The highest BCUT2D eigenvalue weighted by Crippen LogP contribution is 2.49. The number of hydrogen-bond donors (Lipinski definition) is 0. The van der Waals surface area contributed by atoms with E-state index >= 15 is 0 Å². The van der Waals surface area contributed by atoms with E-state index in [4.69, 9.17) is 4.84 Å². The molecule has 4 heteroatoms. The molecular formula is C12H14BrNO2. The summed E-state index contributed by atoms with van der Waals surface area (Å²) in [5.74, 6) is 0.0392. The number of amides is 1. The SMILES string of the molecule is CON(C)C(=O)C1(c2ccc(Br)cc2)CC1. The summed E-state index contributed by atoms with van der Waals surface area (Å²) in [7, 11) is 3.16. The largest absolute Gasteiger partial charge is 0.275 e. The van der Waals surface area contributed by atoms with Gasteiger partial charge in [-0.1, -0.05) is 28.1 Å². The third-order valence-electron chi connectivity index (χ3n) is 3.12. The van der Waals surface area contributed by atoms with E-state index in [0.29, 0.717) is 0 Å². The molecule has 0 spiro atoms. The molecule has 1 amide bonds. The predicted octanol–water partition coefficient (Wildman–Crippen LogP) is 2.50. The predicted molar refractivity (Wildman–Crippen MR) is 64.8 cm³/mol. The van der Waals surface area contributed by atoms with Crippen LogP contribution in [0.4, 0.5) is 0 Å². The van der Waals surface area contributed by atoms with Gasteiger partial charge in [0.15, 0.2) is 0 Å². The fourth-order valence-electron chi connectivity index (χ4n) is 1.90. The average molecular weight is 284 g/mol. The van der Waals surface area contributed by atoms with Crippen molar-refractivity contribution >= 4 is 21.8 Å². The first-order valence-corrected chi connectivity index (χ1v) is 5.98. The van der Waals surface area contributed by atoms with Gasteiger partial charge in [0.25, 0.3) is 5.91 Å². The minimum absolute atomic E-state index is 0.0392. The van der Waals surface area contributed by atoms with Gasteiger partial charge in [-0.3, -0.25) is 9.63 Å². The number of hydrogen-bond acceptors (Lipinski definition) is 2. The number of benzene rings is 1. The Labute approximate surface area is 103 Å². The normalized spacial score (nSPS) is 16.9. The minimum atomic E-state index is -0.342. The van der Waals surface area contributed by atoms with Crippen molar-refractivity contribution in [2.75, 3.05) is 14.2 Å². The molecule has 1 aromatic carbocycles. The molecule has 0 saturated heterocycles. The quantitative estimate of drug-likeness (QED) is 0.798. The van der Waals surface area contributed by atoms with Crippen LogP contribution in [0.1, 0.15) is 18.4 Å². The molecule has 86 valence electrons. The zero-order valence-corrected chi connectivity index (χ0v) is 11.0. The van der Waals surface area contributed by atoms with Gasteiger partial charge in [-0.2, -0.15) is 0 Å². The molecule has 0 heterocycles. The van der Waals surface area contributed by atoms with Crippen LogP contribution in [0.5, 0.6) is 0 Å². The molecule has 0 aromatic heterocycles. The highest BCUT2D eigenvalue weighted by molar-refractivity contribution is 9.10. The van der Waals surface area contributed by atoms with Crippen LogP contribution in [0.2, 0.25) is 0 Å². The molecule has 0 bridgehead atoms. The number of rotatable bonds is 3. The smallest absolute Gasteiger partial charge is 0.256 e. The first kappa shape index (κ1) is 11.6. The molecule has 1 aliphatic carbocycles. The van der Waals surface area contributed by atoms with Crippen molar-refractivity contribution in [3.8, 4) is 0 Å². The molecule has 3 nitrogen and oxygen atoms in total. The third-order valence-corrected chi connectivity index (χ3v) is 3.64. The van der Waals surface area contributed by atoms with Crippen LogP contribution < -0.4 is 0 Å². The molecule has 0 aliphatic heterocycles. The average Bonchev–Trinajstić information content (AvgIpc) is 3.09. The lowest BCUT2D eigenvalue weighted by Gasteiger charge is -2.21. The van der Waals surface area contributed by atoms with E-state index in [9.17, 15) is 4.79 Å². The van der Waals surface area contributed by atoms with Gasteiger partial charge in [0.05, 0.1) is 12.5 Å². The summed E-state index contributed by atoms with van der Waals surface area (Å²) in [6, 6.07) is 7.93. The lowest BCUT2D eigenvalue weighted by atomic mass is 9.95. The standard InChI is InChI=1S/C12H14BrNO2/c1-14(16-2)11(15)12(7-8-12)9-3-5-10(13)6-4-9/h3-6H,7-8H2,1-2H3. The summed E-state index contributed by atoms with van der Waals surface area (Å²) in [5.41, 5.74) is 0.732.